The molecule has 0 aliphatic carbocycles. The van der Waals surface area contributed by atoms with E-state index in [0.717, 1.165) is 5.84 Å². The van der Waals surface area contributed by atoms with Gasteiger partial charge in [-0.15, -0.1) is 0 Å². The molecule has 0 saturated carbocycles. The Kier molecular flexibility index (Phi) is 2.68. The van der Waals surface area contributed by atoms with Crippen LogP contribution in [0, 0.1) is 5.92 Å². The summed E-state index contributed by atoms with van der Waals surface area (Å²) < 4.78 is 0. The summed E-state index contributed by atoms with van der Waals surface area (Å²) >= 11 is 0. The topological polar surface area (TPSA) is 37.2 Å². The molecule has 0 radical (unpaired) electrons. The molecule has 1 aliphatic heterocycles. The zero-order valence-corrected chi connectivity index (χ0v) is 7.98. The Balaban J connectivity index is 2.76. The number of nitrogens with zero attached hydrogens (tertiary/aromatic N) is 3. The fourth-order valence-electron chi connectivity index (χ4n) is 1.04. The summed E-state index contributed by atoms with van der Waals surface area (Å²) in [7, 11) is 0. The molecular formula is C8H15N3O. The average Bonchev–Trinajstić information content (AvgIpc) is 2.04. The van der Waals surface area contributed by atoms with Crippen molar-refractivity contribution in [3.05, 3.63) is 0 Å². The highest BCUT2D eigenvalue weighted by Crippen LogP contribution is 2.09. The summed E-state index contributed by atoms with van der Waals surface area (Å²) in [5.41, 5.74) is 0. The third kappa shape index (κ3) is 1.75. The summed E-state index contributed by atoms with van der Waals surface area (Å²) in [5.74, 6) is 1.29. The number of hydrogen-bond donors (Lipinski definition) is 0. The first-order valence-electron chi connectivity index (χ1n) is 4.19. The first kappa shape index (κ1) is 9.03. The molecule has 4 nitrogen and oxygen atoms in total. The lowest BCUT2D eigenvalue weighted by molar-refractivity contribution is 0.137. The molecule has 0 aromatic carbocycles. The Morgan fingerprint density at radius 2 is 2.00 bits per heavy atom. The van der Waals surface area contributed by atoms with E-state index in [0.29, 0.717) is 12.0 Å². The first-order chi connectivity index (χ1) is 5.63. The smallest absolute Gasteiger partial charge is 0.155 e. The average molecular weight is 169 g/mol. The molecule has 0 amide bonds. The molecule has 68 valence electrons. The molecule has 0 aromatic heterocycles. The van der Waals surface area contributed by atoms with Crippen LogP contribution in [-0.2, 0) is 4.94 Å². The van der Waals surface area contributed by atoms with Crippen molar-refractivity contribution in [3.63, 3.8) is 0 Å². The second-order valence-corrected chi connectivity index (χ2v) is 3.41. The van der Waals surface area contributed by atoms with Gasteiger partial charge in [0.15, 0.2) is 5.84 Å². The molecule has 0 atom stereocenters. The molecule has 0 saturated heterocycles. The van der Waals surface area contributed by atoms with Crippen molar-refractivity contribution in [2.24, 2.45) is 16.2 Å². The Bertz CT molecular complexity index is 208. The van der Waals surface area contributed by atoms with E-state index in [9.17, 15) is 0 Å². The maximum Gasteiger partial charge on any atom is 0.155 e. The highest BCUT2D eigenvalue weighted by molar-refractivity contribution is 5.93. The van der Waals surface area contributed by atoms with E-state index < -0.39 is 0 Å². The molecule has 0 unspecified atom stereocenters. The van der Waals surface area contributed by atoms with Crippen LogP contribution in [0.4, 0.5) is 0 Å². The van der Waals surface area contributed by atoms with Crippen molar-refractivity contribution in [2.45, 2.75) is 33.7 Å². The van der Waals surface area contributed by atoms with Gasteiger partial charge in [0, 0.05) is 12.0 Å². The minimum atomic E-state index is 0.360. The van der Waals surface area contributed by atoms with Crippen LogP contribution in [0.3, 0.4) is 0 Å². The summed E-state index contributed by atoms with van der Waals surface area (Å²) in [6, 6.07) is 0.374. The van der Waals surface area contributed by atoms with Crippen molar-refractivity contribution in [2.75, 3.05) is 0 Å². The standard InChI is InChI=1S/C8H15N3O/c1-6(2)8-10-12-9-5-11(8)7(3)4/h5-7H,1-4H3. The van der Waals surface area contributed by atoms with Crippen LogP contribution in [0.2, 0.25) is 0 Å². The second-order valence-electron chi connectivity index (χ2n) is 3.41. The van der Waals surface area contributed by atoms with Crippen molar-refractivity contribution >= 4 is 12.2 Å². The van der Waals surface area contributed by atoms with E-state index in [2.05, 4.69) is 42.9 Å². The summed E-state index contributed by atoms with van der Waals surface area (Å²) in [6.07, 6.45) is 1.67. The van der Waals surface area contributed by atoms with Crippen molar-refractivity contribution in [1.29, 1.82) is 0 Å². The maximum absolute atomic E-state index is 4.64. The molecular weight excluding hydrogens is 154 g/mol. The first-order valence-corrected chi connectivity index (χ1v) is 4.19. The fourth-order valence-corrected chi connectivity index (χ4v) is 1.04. The number of hydrogen-bond acceptors (Lipinski definition) is 4. The van der Waals surface area contributed by atoms with E-state index in [1.165, 1.54) is 0 Å². The van der Waals surface area contributed by atoms with Gasteiger partial charge in [-0.2, -0.15) is 0 Å². The molecule has 1 heterocycles. The van der Waals surface area contributed by atoms with Gasteiger partial charge < -0.3 is 4.90 Å². The number of amidine groups is 1. The van der Waals surface area contributed by atoms with Gasteiger partial charge >= 0.3 is 0 Å². The van der Waals surface area contributed by atoms with Gasteiger partial charge in [-0.25, -0.2) is 4.94 Å². The van der Waals surface area contributed by atoms with Crippen LogP contribution < -0.4 is 0 Å². The van der Waals surface area contributed by atoms with Crippen LogP contribution in [0.5, 0.6) is 0 Å². The van der Waals surface area contributed by atoms with E-state index >= 15 is 0 Å². The fraction of sp³-hybridized carbons (Fsp3) is 0.750. The van der Waals surface area contributed by atoms with Crippen LogP contribution in [-0.4, -0.2) is 23.1 Å². The Morgan fingerprint density at radius 3 is 2.42 bits per heavy atom. The molecule has 1 rings (SSSR count). The molecule has 4 heteroatoms. The number of oxime groups is 2. The zero-order valence-electron chi connectivity index (χ0n) is 7.98. The maximum atomic E-state index is 4.64. The largest absolute Gasteiger partial charge is 0.312 e. The van der Waals surface area contributed by atoms with Gasteiger partial charge in [-0.3, -0.25) is 0 Å². The second kappa shape index (κ2) is 3.56. The Morgan fingerprint density at radius 1 is 1.33 bits per heavy atom. The van der Waals surface area contributed by atoms with Crippen molar-refractivity contribution in [1.82, 2.24) is 4.90 Å². The normalized spacial score (nSPS) is 16.8. The zero-order chi connectivity index (χ0) is 9.14. The SMILES string of the molecule is CC(C)C1=NON=CN1C(C)C. The van der Waals surface area contributed by atoms with Gasteiger partial charge in [0.1, 0.15) is 6.34 Å². The highest BCUT2D eigenvalue weighted by atomic mass is 16.8. The van der Waals surface area contributed by atoms with Crippen LogP contribution in [0.15, 0.2) is 10.3 Å². The molecule has 0 aromatic rings. The minimum absolute atomic E-state index is 0.360. The van der Waals surface area contributed by atoms with Gasteiger partial charge in [-0.05, 0) is 24.2 Å². The molecule has 0 fully saturated rings. The lowest BCUT2D eigenvalue weighted by atomic mass is 10.1. The third-order valence-electron chi connectivity index (χ3n) is 1.69. The van der Waals surface area contributed by atoms with Gasteiger partial charge in [0.2, 0.25) is 0 Å². The lowest BCUT2D eigenvalue weighted by Gasteiger charge is -2.27. The van der Waals surface area contributed by atoms with Gasteiger partial charge in [0.25, 0.3) is 0 Å². The van der Waals surface area contributed by atoms with Gasteiger partial charge in [0.05, 0.1) is 0 Å². The van der Waals surface area contributed by atoms with Crippen molar-refractivity contribution in [3.8, 4) is 0 Å². The molecule has 12 heavy (non-hydrogen) atoms. The quantitative estimate of drug-likeness (QED) is 0.630. The van der Waals surface area contributed by atoms with E-state index in [-0.39, 0.29) is 0 Å². The summed E-state index contributed by atoms with van der Waals surface area (Å²) in [4.78, 5) is 6.65. The third-order valence-corrected chi connectivity index (χ3v) is 1.69. The van der Waals surface area contributed by atoms with E-state index in [1.807, 2.05) is 4.90 Å². The van der Waals surface area contributed by atoms with E-state index in [4.69, 9.17) is 0 Å². The Hall–Kier alpha value is -1.06. The predicted octanol–water partition coefficient (Wildman–Crippen LogP) is 1.64. The van der Waals surface area contributed by atoms with Crippen LogP contribution in [0.25, 0.3) is 0 Å². The molecule has 0 bridgehead atoms. The number of rotatable bonds is 2. The lowest BCUT2D eigenvalue weighted by Crippen LogP contribution is -2.40. The molecule has 1 aliphatic rings. The summed E-state index contributed by atoms with van der Waals surface area (Å²) in [5, 5.41) is 7.50. The Labute approximate surface area is 72.9 Å². The molecule has 0 spiro atoms. The summed E-state index contributed by atoms with van der Waals surface area (Å²) in [6.45, 7) is 8.35. The monoisotopic (exact) mass is 169 g/mol. The minimum Gasteiger partial charge on any atom is -0.312 e. The van der Waals surface area contributed by atoms with Crippen molar-refractivity contribution < 1.29 is 4.94 Å². The van der Waals surface area contributed by atoms with Crippen LogP contribution >= 0.6 is 0 Å². The van der Waals surface area contributed by atoms with Gasteiger partial charge in [-0.1, -0.05) is 13.8 Å². The predicted molar refractivity (Wildman–Crippen MR) is 48.8 cm³/mol. The highest BCUT2D eigenvalue weighted by Gasteiger charge is 2.19. The van der Waals surface area contributed by atoms with E-state index in [1.54, 1.807) is 6.34 Å². The van der Waals surface area contributed by atoms with Crippen LogP contribution in [0.1, 0.15) is 27.7 Å². The molecule has 0 N–H and O–H groups in total.